The predicted octanol–water partition coefficient (Wildman–Crippen LogP) is 2.42. The molecule has 4 nitrogen and oxygen atoms in total. The van der Waals surface area contributed by atoms with E-state index >= 15 is 0 Å². The second kappa shape index (κ2) is 4.64. The predicted molar refractivity (Wildman–Crippen MR) is 77.5 cm³/mol. The average Bonchev–Trinajstić information content (AvgIpc) is 3.06. The fraction of sp³-hybridized carbons (Fsp3) is 0. The van der Waals surface area contributed by atoms with E-state index in [2.05, 4.69) is 9.97 Å². The van der Waals surface area contributed by atoms with Crippen LogP contribution in [0.2, 0.25) is 0 Å². The van der Waals surface area contributed by atoms with Crippen LogP contribution in [0.3, 0.4) is 0 Å². The van der Waals surface area contributed by atoms with Crippen LogP contribution in [-0.2, 0) is 9.71 Å². The molecule has 2 heterocycles. The van der Waals surface area contributed by atoms with Gasteiger partial charge < -0.3 is 0 Å². The monoisotopic (exact) mass is 313 g/mol. The summed E-state index contributed by atoms with van der Waals surface area (Å²) >= 11 is 2.19. The highest BCUT2D eigenvalue weighted by molar-refractivity contribution is 8.02. The Labute approximate surface area is 116 Å². The lowest BCUT2D eigenvalue weighted by Crippen LogP contribution is -2.21. The summed E-state index contributed by atoms with van der Waals surface area (Å²) in [5.74, 6) is 0. The lowest BCUT2D eigenvalue weighted by atomic mass is 10.3. The first-order chi connectivity index (χ1) is 9.09. The van der Waals surface area contributed by atoms with Crippen molar-refractivity contribution < 1.29 is 8.60 Å². The Morgan fingerprint density at radius 1 is 1.37 bits per heavy atom. The molecule has 0 aliphatic heterocycles. The molecule has 0 saturated heterocycles. The second-order valence-electron chi connectivity index (χ2n) is 3.66. The third-order valence-electron chi connectivity index (χ3n) is 2.40. The van der Waals surface area contributed by atoms with Crippen LogP contribution in [0.4, 0.5) is 4.39 Å². The number of benzene rings is 1. The molecule has 0 radical (unpaired) electrons. The van der Waals surface area contributed by atoms with Gasteiger partial charge in [0.1, 0.15) is 9.71 Å². The van der Waals surface area contributed by atoms with Crippen LogP contribution in [0.5, 0.6) is 0 Å². The van der Waals surface area contributed by atoms with Crippen LogP contribution >= 0.6 is 22.7 Å². The van der Waals surface area contributed by atoms with Crippen molar-refractivity contribution in [2.45, 2.75) is 4.34 Å². The molecule has 0 aliphatic rings. The van der Waals surface area contributed by atoms with Gasteiger partial charge in [-0.3, -0.25) is 5.14 Å². The Morgan fingerprint density at radius 2 is 2.16 bits per heavy atom. The maximum Gasteiger partial charge on any atom is 0.231 e. The van der Waals surface area contributed by atoms with Crippen LogP contribution < -0.4 is 5.14 Å². The van der Waals surface area contributed by atoms with Gasteiger partial charge in [0.15, 0.2) is 9.35 Å². The van der Waals surface area contributed by atoms with Gasteiger partial charge in [-0.2, -0.15) is 4.39 Å². The van der Waals surface area contributed by atoms with E-state index in [1.54, 1.807) is 11.4 Å². The maximum absolute atomic E-state index is 14.2. The summed E-state index contributed by atoms with van der Waals surface area (Å²) in [6, 6.07) is 7.24. The van der Waals surface area contributed by atoms with Gasteiger partial charge in [0.05, 0.1) is 10.2 Å². The normalized spacial score (nSPS) is 14.4. The Bertz CT molecular complexity index is 814. The minimum Gasteiger partial charge on any atom is -0.251 e. The van der Waals surface area contributed by atoms with E-state index in [1.165, 1.54) is 6.20 Å². The molecule has 0 fully saturated rings. The number of hydrogen-bond acceptors (Lipinski definition) is 5. The molecule has 1 atom stereocenters. The van der Waals surface area contributed by atoms with Crippen molar-refractivity contribution in [2.75, 3.05) is 0 Å². The van der Waals surface area contributed by atoms with Crippen molar-refractivity contribution in [2.24, 2.45) is 5.14 Å². The number of fused-ring (bicyclic) bond motifs is 1. The number of hydrogen-bond donors (Lipinski definition) is 1. The number of aromatic nitrogens is 2. The molecule has 1 unspecified atom stereocenters. The molecular weight excluding hydrogens is 305 g/mol. The average molecular weight is 313 g/mol. The van der Waals surface area contributed by atoms with Gasteiger partial charge in [-0.25, -0.2) is 14.2 Å². The Hall–Kier alpha value is -1.35. The maximum atomic E-state index is 14.2. The van der Waals surface area contributed by atoms with E-state index < -0.39 is 14.8 Å². The molecule has 0 amide bonds. The topological polar surface area (TPSA) is 68.9 Å². The van der Waals surface area contributed by atoms with E-state index in [9.17, 15) is 8.60 Å². The van der Waals surface area contributed by atoms with E-state index in [1.807, 2.05) is 18.2 Å². The molecule has 0 bridgehead atoms. The Kier molecular flexibility index (Phi) is 3.09. The molecule has 19 heavy (non-hydrogen) atoms. The highest BCUT2D eigenvalue weighted by Crippen LogP contribution is 2.26. The minimum absolute atomic E-state index is 0.0340. The number of halogens is 1. The van der Waals surface area contributed by atoms with Crippen LogP contribution in [0.1, 0.15) is 5.01 Å². The lowest BCUT2D eigenvalue weighted by Gasteiger charge is -2.01. The molecule has 3 rings (SSSR count). The summed E-state index contributed by atoms with van der Waals surface area (Å²) in [5, 5.41) is 6.39. The molecule has 2 aromatic heterocycles. The molecule has 1 aromatic carbocycles. The van der Waals surface area contributed by atoms with Crippen LogP contribution in [-0.4, -0.2) is 19.3 Å². The highest BCUT2D eigenvalue weighted by atomic mass is 32.2. The zero-order valence-corrected chi connectivity index (χ0v) is 11.9. The molecule has 0 spiro atoms. The van der Waals surface area contributed by atoms with Crippen molar-refractivity contribution in [1.29, 1.82) is 0 Å². The zero-order chi connectivity index (χ0) is 13.5. The molecule has 98 valence electrons. The van der Waals surface area contributed by atoms with Gasteiger partial charge in [-0.05, 0) is 12.1 Å². The standard InChI is InChI=1S/C11H8FN3OS3/c12-9(10-14-5-6-17-10)19(13,16)11-15-7-3-1-2-4-8(7)18-11/h1-6H,(H2,13,16). The first-order valence-corrected chi connectivity index (χ1v) is 8.50. The minimum atomic E-state index is -3.47. The summed E-state index contributed by atoms with van der Waals surface area (Å²) in [6.45, 7) is 0. The number of thiazole rings is 2. The Morgan fingerprint density at radius 3 is 2.84 bits per heavy atom. The lowest BCUT2D eigenvalue weighted by molar-refractivity contribution is 0.678. The summed E-state index contributed by atoms with van der Waals surface area (Å²) < 4.78 is 27.5. The molecule has 2 N–H and O–H groups in total. The smallest absolute Gasteiger partial charge is 0.231 e. The number of para-hydroxylation sites is 1. The van der Waals surface area contributed by atoms with Gasteiger partial charge in [0.25, 0.3) is 0 Å². The second-order valence-corrected chi connectivity index (χ2v) is 7.79. The van der Waals surface area contributed by atoms with Crippen molar-refractivity contribution in [3.63, 3.8) is 0 Å². The quantitative estimate of drug-likeness (QED) is 0.583. The third kappa shape index (κ3) is 2.16. The molecule has 0 saturated carbocycles. The first-order valence-electron chi connectivity index (χ1n) is 5.19. The molecule has 3 aromatic rings. The molecule has 0 aliphatic carbocycles. The highest BCUT2D eigenvalue weighted by Gasteiger charge is 2.21. The molecule has 8 heteroatoms. The van der Waals surface area contributed by atoms with Crippen LogP contribution in [0.25, 0.3) is 10.2 Å². The van der Waals surface area contributed by atoms with E-state index in [0.29, 0.717) is 5.52 Å². The van der Waals surface area contributed by atoms with Crippen molar-refractivity contribution in [3.05, 3.63) is 40.8 Å². The van der Waals surface area contributed by atoms with Gasteiger partial charge in [-0.1, -0.05) is 12.1 Å². The number of nitrogens with two attached hydrogens (primary N) is 1. The number of rotatable bonds is 2. The van der Waals surface area contributed by atoms with Gasteiger partial charge in [0.2, 0.25) is 5.12 Å². The Balaban J connectivity index is 2.24. The van der Waals surface area contributed by atoms with E-state index in [0.717, 1.165) is 27.4 Å². The van der Waals surface area contributed by atoms with Crippen molar-refractivity contribution in [3.8, 4) is 0 Å². The summed E-state index contributed by atoms with van der Waals surface area (Å²) in [7, 11) is -3.47. The summed E-state index contributed by atoms with van der Waals surface area (Å²) in [6.07, 6.45) is 1.44. The summed E-state index contributed by atoms with van der Waals surface area (Å²) in [4.78, 5) is 7.94. The van der Waals surface area contributed by atoms with E-state index in [-0.39, 0.29) is 9.35 Å². The molecular formula is C11H8FN3OS3. The largest absolute Gasteiger partial charge is 0.251 e. The zero-order valence-electron chi connectivity index (χ0n) is 9.45. The fourth-order valence-corrected chi connectivity index (χ4v) is 4.87. The summed E-state index contributed by atoms with van der Waals surface area (Å²) in [5.41, 5.74) is 0.660. The fourth-order valence-electron chi connectivity index (χ4n) is 1.51. The van der Waals surface area contributed by atoms with E-state index in [4.69, 9.17) is 5.14 Å². The third-order valence-corrected chi connectivity index (χ3v) is 6.46. The number of nitrogens with zero attached hydrogens (tertiary/aromatic N) is 2. The van der Waals surface area contributed by atoms with Gasteiger partial charge >= 0.3 is 0 Å². The van der Waals surface area contributed by atoms with Gasteiger partial charge in [-0.15, -0.1) is 22.7 Å². The van der Waals surface area contributed by atoms with Crippen LogP contribution in [0, 0.1) is 0 Å². The van der Waals surface area contributed by atoms with Gasteiger partial charge in [0, 0.05) is 11.6 Å². The SMILES string of the molecule is NS(=O)(=C(F)c1nccs1)c1nc2ccccc2s1. The van der Waals surface area contributed by atoms with Crippen molar-refractivity contribution in [1.82, 2.24) is 9.97 Å². The van der Waals surface area contributed by atoms with Crippen molar-refractivity contribution >= 4 is 47.7 Å². The first kappa shape index (κ1) is 12.7. The van der Waals surface area contributed by atoms with Crippen LogP contribution in [0.15, 0.2) is 40.2 Å².